The lowest BCUT2D eigenvalue weighted by molar-refractivity contribution is -0.157. The molecule has 7 heteroatoms. The number of hydrogen-bond donors (Lipinski definition) is 2. The van der Waals surface area contributed by atoms with E-state index < -0.39 is 23.8 Å². The van der Waals surface area contributed by atoms with Crippen LogP contribution >= 0.6 is 0 Å². The minimum Gasteiger partial charge on any atom is -0.507 e. The van der Waals surface area contributed by atoms with Crippen molar-refractivity contribution < 1.29 is 24.5 Å². The third-order valence-corrected chi connectivity index (χ3v) is 13.2. The third kappa shape index (κ3) is 9.65. The number of carbonyl (C=O) groups is 2. The molecule has 2 saturated heterocycles. The molecule has 0 aromatic heterocycles. The van der Waals surface area contributed by atoms with E-state index in [1.54, 1.807) is 0 Å². The van der Waals surface area contributed by atoms with E-state index in [-0.39, 0.29) is 45.5 Å². The predicted octanol–water partition coefficient (Wildman–Crippen LogP) is 10.6. The number of carboxylic acids is 1. The summed E-state index contributed by atoms with van der Waals surface area (Å²) < 4.78 is 6.23. The molecule has 0 spiro atoms. The van der Waals surface area contributed by atoms with Crippen LogP contribution in [0.5, 0.6) is 5.75 Å². The van der Waals surface area contributed by atoms with Gasteiger partial charge in [-0.3, -0.25) is 19.4 Å². The van der Waals surface area contributed by atoms with Gasteiger partial charge in [0.25, 0.3) is 0 Å². The molecule has 0 amide bonds. The van der Waals surface area contributed by atoms with Gasteiger partial charge in [-0.15, -0.1) is 0 Å². The number of rotatable bonds is 13. The van der Waals surface area contributed by atoms with Gasteiger partial charge in [-0.2, -0.15) is 0 Å². The number of phenolic OH excluding ortho intramolecular Hbond substituents is 1. The van der Waals surface area contributed by atoms with Crippen molar-refractivity contribution in [2.45, 2.75) is 207 Å². The first-order valence-corrected chi connectivity index (χ1v) is 20.8. The summed E-state index contributed by atoms with van der Waals surface area (Å²) in [4.78, 5) is 30.5. The normalized spacial score (nSPS) is 22.5. The van der Waals surface area contributed by atoms with Gasteiger partial charge in [0.2, 0.25) is 0 Å². The Morgan fingerprint density at radius 3 is 1.38 bits per heavy atom. The molecule has 7 nitrogen and oxygen atoms in total. The maximum atomic E-state index is 13.3. The van der Waals surface area contributed by atoms with Crippen molar-refractivity contribution in [1.29, 1.82) is 0 Å². The number of carbonyl (C=O) groups excluding carboxylic acids is 1. The summed E-state index contributed by atoms with van der Waals surface area (Å²) in [6.45, 7) is 41.2. The van der Waals surface area contributed by atoms with Gasteiger partial charge in [0.05, 0.1) is 0 Å². The van der Waals surface area contributed by atoms with Crippen LogP contribution in [-0.4, -0.2) is 73.8 Å². The van der Waals surface area contributed by atoms with Gasteiger partial charge in [-0.25, -0.2) is 0 Å². The highest BCUT2D eigenvalue weighted by Crippen LogP contribution is 2.58. The van der Waals surface area contributed by atoms with Crippen LogP contribution < -0.4 is 0 Å². The third-order valence-electron chi connectivity index (χ3n) is 13.2. The van der Waals surface area contributed by atoms with Crippen LogP contribution in [-0.2, 0) is 30.6 Å². The summed E-state index contributed by atoms with van der Waals surface area (Å²) in [7, 11) is 0. The Kier molecular flexibility index (Phi) is 13.5. The molecule has 0 bridgehead atoms. The monoisotopic (exact) mass is 741 g/mol. The highest BCUT2D eigenvalue weighted by atomic mass is 16.5. The van der Waals surface area contributed by atoms with Crippen LogP contribution in [0.15, 0.2) is 12.1 Å². The van der Waals surface area contributed by atoms with Crippen LogP contribution in [0.2, 0.25) is 0 Å². The number of aromatic hydroxyl groups is 1. The van der Waals surface area contributed by atoms with E-state index in [2.05, 4.69) is 140 Å². The first kappa shape index (κ1) is 45.3. The first-order valence-electron chi connectivity index (χ1n) is 20.8. The highest BCUT2D eigenvalue weighted by Gasteiger charge is 2.57. The van der Waals surface area contributed by atoms with Gasteiger partial charge in [-0.05, 0) is 159 Å². The second kappa shape index (κ2) is 15.8. The molecular weight excluding hydrogens is 661 g/mol. The van der Waals surface area contributed by atoms with Gasteiger partial charge in [0, 0.05) is 27.6 Å². The Hall–Kier alpha value is -2.12. The fraction of sp³-hybridized carbons (Fsp3) is 0.826. The van der Waals surface area contributed by atoms with Crippen LogP contribution in [0.1, 0.15) is 186 Å². The summed E-state index contributed by atoms with van der Waals surface area (Å²) in [6.07, 6.45) is 6.28. The molecule has 0 aliphatic carbocycles. The summed E-state index contributed by atoms with van der Waals surface area (Å²) in [5, 5.41) is 21.6. The Bertz CT molecular complexity index is 1330. The molecule has 3 rings (SSSR count). The van der Waals surface area contributed by atoms with E-state index in [1.807, 2.05) is 0 Å². The molecule has 53 heavy (non-hydrogen) atoms. The van der Waals surface area contributed by atoms with Gasteiger partial charge < -0.3 is 14.9 Å². The molecule has 1 atom stereocenters. The van der Waals surface area contributed by atoms with Crippen molar-refractivity contribution in [2.24, 2.45) is 17.8 Å². The van der Waals surface area contributed by atoms with Crippen molar-refractivity contribution in [3.8, 4) is 5.75 Å². The number of phenols is 1. The fourth-order valence-corrected chi connectivity index (χ4v) is 11.6. The maximum absolute atomic E-state index is 13.3. The van der Waals surface area contributed by atoms with E-state index in [0.717, 1.165) is 68.3 Å². The smallest absolute Gasteiger partial charge is 0.317 e. The van der Waals surface area contributed by atoms with Crippen molar-refractivity contribution in [3.63, 3.8) is 0 Å². The standard InChI is InChI=1S/C46H80N2O5/c1-18-21-47-42(10,11)26-31(27-43(47,12)13)38(32-28-44(14,15)48(22-19-2)45(16,17)29-32)46(20-3,30-53-37(51)25-36(49)50)33-23-34(40(4,5)6)39(52)35(24-33)41(7,8)9/h23-24,31-32,38,52H,18-22,25-30H2,1-17H3,(H,49,50). The van der Waals surface area contributed by atoms with Crippen molar-refractivity contribution in [2.75, 3.05) is 19.7 Å². The number of ether oxygens (including phenoxy) is 1. The van der Waals surface area contributed by atoms with Gasteiger partial charge in [0.1, 0.15) is 18.8 Å². The first-order chi connectivity index (χ1) is 24.0. The zero-order valence-electron chi connectivity index (χ0n) is 37.2. The summed E-state index contributed by atoms with van der Waals surface area (Å²) in [6, 6.07) is 4.44. The number of esters is 1. The quantitative estimate of drug-likeness (QED) is 0.154. The molecule has 0 radical (unpaired) electrons. The van der Waals surface area contributed by atoms with Gasteiger partial charge >= 0.3 is 11.9 Å². The second-order valence-electron chi connectivity index (χ2n) is 21.6. The van der Waals surface area contributed by atoms with E-state index in [1.165, 1.54) is 0 Å². The Labute approximate surface area is 325 Å². The average molecular weight is 741 g/mol. The maximum Gasteiger partial charge on any atom is 0.317 e. The Morgan fingerprint density at radius 1 is 0.736 bits per heavy atom. The number of nitrogens with zero attached hydrogens (tertiary/aromatic N) is 2. The zero-order chi connectivity index (χ0) is 40.8. The number of piperidine rings is 2. The van der Waals surface area contributed by atoms with Crippen LogP contribution in [0.25, 0.3) is 0 Å². The SMILES string of the molecule is CCCN1C(C)(C)CC(C(C2CC(C)(C)N(CCC)C(C)(C)C2)C(CC)(COC(=O)CC(=O)O)c2cc(C(C)(C)C)c(O)c(C(C)(C)C)c2)CC1(C)C. The van der Waals surface area contributed by atoms with Crippen LogP contribution in [0, 0.1) is 17.8 Å². The van der Waals surface area contributed by atoms with Gasteiger partial charge in [0.15, 0.2) is 0 Å². The number of hydrogen-bond acceptors (Lipinski definition) is 6. The predicted molar refractivity (Wildman–Crippen MR) is 220 cm³/mol. The molecular formula is C46H80N2O5. The molecule has 2 heterocycles. The Balaban J connectivity index is 2.52. The average Bonchev–Trinajstić information content (AvgIpc) is 2.96. The van der Waals surface area contributed by atoms with Gasteiger partial charge in [-0.1, -0.05) is 74.4 Å². The lowest BCUT2D eigenvalue weighted by Gasteiger charge is -2.63. The lowest BCUT2D eigenvalue weighted by Crippen LogP contribution is -2.66. The Morgan fingerprint density at radius 2 is 1.09 bits per heavy atom. The van der Waals surface area contributed by atoms with Crippen molar-refractivity contribution in [3.05, 3.63) is 28.8 Å². The number of carboxylic acid groups (broad SMARTS) is 1. The van der Waals surface area contributed by atoms with Crippen molar-refractivity contribution in [1.82, 2.24) is 9.80 Å². The molecule has 2 fully saturated rings. The lowest BCUT2D eigenvalue weighted by atomic mass is 9.51. The van der Waals surface area contributed by atoms with E-state index in [0.29, 0.717) is 24.0 Å². The molecule has 304 valence electrons. The summed E-state index contributed by atoms with van der Waals surface area (Å²) >= 11 is 0. The van der Waals surface area contributed by atoms with Crippen LogP contribution in [0.3, 0.4) is 0 Å². The zero-order valence-corrected chi connectivity index (χ0v) is 37.2. The van der Waals surface area contributed by atoms with E-state index in [4.69, 9.17) is 4.74 Å². The number of aliphatic carboxylic acids is 1. The number of likely N-dealkylation sites (tertiary alicyclic amines) is 2. The highest BCUT2D eigenvalue weighted by molar-refractivity contribution is 5.90. The molecule has 2 aliphatic rings. The van der Waals surface area contributed by atoms with E-state index >= 15 is 0 Å². The topological polar surface area (TPSA) is 90.3 Å². The molecule has 1 unspecified atom stereocenters. The number of benzene rings is 1. The fourth-order valence-electron chi connectivity index (χ4n) is 11.6. The molecule has 2 aliphatic heterocycles. The van der Waals surface area contributed by atoms with Crippen molar-refractivity contribution >= 4 is 11.9 Å². The largest absolute Gasteiger partial charge is 0.507 e. The molecule has 1 aromatic carbocycles. The van der Waals surface area contributed by atoms with Crippen LogP contribution in [0.4, 0.5) is 0 Å². The molecule has 2 N–H and O–H groups in total. The molecule has 1 aromatic rings. The minimum absolute atomic E-state index is 0.0593. The minimum atomic E-state index is -1.18. The summed E-state index contributed by atoms with van der Waals surface area (Å²) in [5.74, 6) is -0.835. The summed E-state index contributed by atoms with van der Waals surface area (Å²) in [5.41, 5.74) is 1.31. The second-order valence-corrected chi connectivity index (χ2v) is 21.6. The molecule has 0 saturated carbocycles. The van der Waals surface area contributed by atoms with E-state index in [9.17, 15) is 19.8 Å².